The Balaban J connectivity index is 1.20. The van der Waals surface area contributed by atoms with Crippen molar-refractivity contribution in [1.82, 2.24) is 14.5 Å². The molecule has 56 heavy (non-hydrogen) atoms. The third kappa shape index (κ3) is 4.57. The number of aromatic nitrogens is 3. The zero-order valence-corrected chi connectivity index (χ0v) is 31.0. The Labute approximate surface area is 327 Å². The van der Waals surface area contributed by atoms with Crippen molar-refractivity contribution in [2.45, 2.75) is 0 Å². The normalized spacial score (nSPS) is 12.6. The van der Waals surface area contributed by atoms with E-state index in [0.717, 1.165) is 37.9 Å². The van der Waals surface area contributed by atoms with Gasteiger partial charge in [0.2, 0.25) is 5.95 Å². The molecular weight excluding hydrogens is 699 g/mol. The molecule has 0 bridgehead atoms. The molecule has 0 fully saturated rings. The Morgan fingerprint density at radius 1 is 0.393 bits per heavy atom. The molecule has 0 spiro atoms. The second-order valence-electron chi connectivity index (χ2n) is 14.5. The Bertz CT molecular complexity index is 3380. The molecule has 0 aliphatic heterocycles. The average Bonchev–Trinajstić information content (AvgIpc) is 3.78. The van der Waals surface area contributed by atoms with Gasteiger partial charge in [-0.2, -0.15) is 0 Å². The van der Waals surface area contributed by atoms with Crippen molar-refractivity contribution in [2.75, 3.05) is 0 Å². The molecule has 8 aromatic carbocycles. The van der Waals surface area contributed by atoms with E-state index in [-0.39, 0.29) is 0 Å². The van der Waals surface area contributed by atoms with Crippen LogP contribution in [0.3, 0.4) is 0 Å². The van der Waals surface area contributed by atoms with Crippen LogP contribution >= 0.6 is 11.3 Å². The summed E-state index contributed by atoms with van der Waals surface area (Å²) < 4.78 is 4.62. The third-order valence-electron chi connectivity index (χ3n) is 11.4. The first-order chi connectivity index (χ1) is 27.8. The first kappa shape index (κ1) is 31.2. The van der Waals surface area contributed by atoms with Gasteiger partial charge in [0.1, 0.15) is 0 Å². The number of rotatable bonds is 5. The van der Waals surface area contributed by atoms with Gasteiger partial charge in [0.05, 0.1) is 26.9 Å². The van der Waals surface area contributed by atoms with Crippen molar-refractivity contribution >= 4 is 75.4 Å². The van der Waals surface area contributed by atoms with Crippen molar-refractivity contribution in [1.29, 1.82) is 0 Å². The second-order valence-corrected chi connectivity index (χ2v) is 15.5. The molecule has 1 aliphatic rings. The van der Waals surface area contributed by atoms with E-state index in [1.54, 1.807) is 11.3 Å². The number of hydrogen-bond acceptors (Lipinski definition) is 3. The maximum Gasteiger partial charge on any atom is 0.235 e. The highest BCUT2D eigenvalue weighted by molar-refractivity contribution is 7.26. The molecule has 1 aliphatic carbocycles. The molecule has 0 saturated carbocycles. The van der Waals surface area contributed by atoms with Gasteiger partial charge in [-0.25, -0.2) is 9.97 Å². The lowest BCUT2D eigenvalue weighted by Crippen LogP contribution is -2.03. The summed E-state index contributed by atoms with van der Waals surface area (Å²) >= 11 is 1.77. The molecule has 0 saturated heterocycles. The quantitative estimate of drug-likeness (QED) is 0.177. The second kappa shape index (κ2) is 12.2. The molecule has 0 N–H and O–H groups in total. The fourth-order valence-corrected chi connectivity index (χ4v) is 10.1. The zero-order chi connectivity index (χ0) is 36.7. The number of thiophene rings is 1. The molecule has 0 radical (unpaired) electrons. The van der Waals surface area contributed by atoms with Crippen molar-refractivity contribution < 1.29 is 0 Å². The molecule has 3 nitrogen and oxygen atoms in total. The Hall–Kier alpha value is -7.14. The number of benzene rings is 8. The minimum Gasteiger partial charge on any atom is -0.278 e. The van der Waals surface area contributed by atoms with Gasteiger partial charge in [0.15, 0.2) is 0 Å². The van der Waals surface area contributed by atoms with Crippen LogP contribution in [0.4, 0.5) is 0 Å². The molecule has 260 valence electrons. The Morgan fingerprint density at radius 3 is 1.68 bits per heavy atom. The van der Waals surface area contributed by atoms with Gasteiger partial charge in [-0.15, -0.1) is 11.3 Å². The summed E-state index contributed by atoms with van der Waals surface area (Å²) in [7, 11) is 0. The predicted octanol–water partition coefficient (Wildman–Crippen LogP) is 13.7. The molecule has 0 atom stereocenters. The van der Waals surface area contributed by atoms with Crippen LogP contribution in [0, 0.1) is 0 Å². The van der Waals surface area contributed by atoms with Crippen LogP contribution in [0.15, 0.2) is 188 Å². The van der Waals surface area contributed by atoms with Crippen LogP contribution in [0.1, 0.15) is 22.3 Å². The maximum absolute atomic E-state index is 5.55. The van der Waals surface area contributed by atoms with Crippen molar-refractivity contribution in [3.05, 3.63) is 210 Å². The van der Waals surface area contributed by atoms with Crippen LogP contribution in [-0.2, 0) is 0 Å². The van der Waals surface area contributed by atoms with E-state index >= 15 is 0 Å². The van der Waals surface area contributed by atoms with Gasteiger partial charge in [-0.3, -0.25) is 4.57 Å². The minimum absolute atomic E-state index is 0.672. The first-order valence-corrected chi connectivity index (χ1v) is 19.8. The number of nitrogens with zero attached hydrogens (tertiary/aromatic N) is 3. The largest absolute Gasteiger partial charge is 0.278 e. The summed E-state index contributed by atoms with van der Waals surface area (Å²) in [6, 6.07) is 67.8. The number of fused-ring (bicyclic) bond motifs is 3. The SMILES string of the molecule is c1ccc(C2=C(c3ccccc3)c3cccc4c3c3c5c2cccc5ccc3n4-c2nc(-c3ccc(-c4ccccc4)cc3)c3sc4ccccc4c3n2)cc1. The fraction of sp³-hybridized carbons (Fsp3) is 0. The van der Waals surface area contributed by atoms with E-state index in [1.807, 2.05) is 0 Å². The lowest BCUT2D eigenvalue weighted by molar-refractivity contribution is 1.02. The summed E-state index contributed by atoms with van der Waals surface area (Å²) in [6.45, 7) is 0. The van der Waals surface area contributed by atoms with Gasteiger partial charge in [-0.05, 0) is 73.5 Å². The first-order valence-electron chi connectivity index (χ1n) is 19.0. The molecule has 3 aromatic heterocycles. The number of hydrogen-bond donors (Lipinski definition) is 0. The van der Waals surface area contributed by atoms with Crippen molar-refractivity contribution in [3.8, 4) is 28.3 Å². The topological polar surface area (TPSA) is 30.7 Å². The molecule has 3 heterocycles. The molecule has 0 unspecified atom stereocenters. The lowest BCUT2D eigenvalue weighted by Gasteiger charge is -2.19. The summed E-state index contributed by atoms with van der Waals surface area (Å²) in [5.41, 5.74) is 14.9. The lowest BCUT2D eigenvalue weighted by atomic mass is 9.85. The summed E-state index contributed by atoms with van der Waals surface area (Å²) in [4.78, 5) is 11.0. The van der Waals surface area contributed by atoms with Crippen LogP contribution in [0.5, 0.6) is 0 Å². The van der Waals surface area contributed by atoms with Gasteiger partial charge in [-0.1, -0.05) is 170 Å². The molecule has 12 rings (SSSR count). The summed E-state index contributed by atoms with van der Waals surface area (Å²) in [6.07, 6.45) is 0. The molecular formula is C52H31N3S. The highest BCUT2D eigenvalue weighted by Crippen LogP contribution is 2.50. The van der Waals surface area contributed by atoms with E-state index in [2.05, 4.69) is 193 Å². The highest BCUT2D eigenvalue weighted by Gasteiger charge is 2.29. The van der Waals surface area contributed by atoms with E-state index in [9.17, 15) is 0 Å². The monoisotopic (exact) mass is 729 g/mol. The van der Waals surface area contributed by atoms with E-state index in [4.69, 9.17) is 9.97 Å². The Kier molecular flexibility index (Phi) is 6.80. The maximum atomic E-state index is 5.55. The fourth-order valence-electron chi connectivity index (χ4n) is 8.96. The minimum atomic E-state index is 0.672. The summed E-state index contributed by atoms with van der Waals surface area (Å²) in [5, 5.41) is 6.07. The van der Waals surface area contributed by atoms with Crippen LogP contribution in [-0.4, -0.2) is 14.5 Å². The van der Waals surface area contributed by atoms with Crippen molar-refractivity contribution in [3.63, 3.8) is 0 Å². The molecule has 0 amide bonds. The Morgan fingerprint density at radius 2 is 0.964 bits per heavy atom. The van der Waals surface area contributed by atoms with Crippen LogP contribution < -0.4 is 0 Å². The average molecular weight is 730 g/mol. The van der Waals surface area contributed by atoms with Crippen LogP contribution in [0.25, 0.3) is 92.4 Å². The molecule has 4 heteroatoms. The predicted molar refractivity (Wildman–Crippen MR) is 236 cm³/mol. The van der Waals surface area contributed by atoms with E-state index < -0.39 is 0 Å². The van der Waals surface area contributed by atoms with Gasteiger partial charge < -0.3 is 0 Å². The molecule has 11 aromatic rings. The van der Waals surface area contributed by atoms with Gasteiger partial charge in [0, 0.05) is 26.4 Å². The van der Waals surface area contributed by atoms with Crippen LogP contribution in [0.2, 0.25) is 0 Å². The third-order valence-corrected chi connectivity index (χ3v) is 12.6. The van der Waals surface area contributed by atoms with Gasteiger partial charge in [0.25, 0.3) is 0 Å². The summed E-state index contributed by atoms with van der Waals surface area (Å²) in [5.74, 6) is 0.672. The van der Waals surface area contributed by atoms with E-state index in [0.29, 0.717) is 5.95 Å². The smallest absolute Gasteiger partial charge is 0.235 e. The van der Waals surface area contributed by atoms with Gasteiger partial charge >= 0.3 is 0 Å². The van der Waals surface area contributed by atoms with Crippen molar-refractivity contribution in [2.24, 2.45) is 0 Å². The zero-order valence-electron chi connectivity index (χ0n) is 30.1. The standard InChI is InChI=1S/C52H31N3S/c1-4-14-32(15-5-1)33-26-28-37(29-27-33)49-51-50(38-21-10-11-25-43(38)56-51)54-52(53-49)55-41-24-13-23-40-45(35-18-8-3-9-19-35)44(34-16-6-2-7-17-34)39-22-12-20-36-30-31-42(55)48(46(36)39)47(40)41/h1-31H. The highest BCUT2D eigenvalue weighted by atomic mass is 32.1. The van der Waals surface area contributed by atoms with E-state index in [1.165, 1.54) is 70.8 Å².